The van der Waals surface area contributed by atoms with Crippen LogP contribution in [-0.4, -0.2) is 26.7 Å². The molecule has 2 fully saturated rings. The summed E-state index contributed by atoms with van der Waals surface area (Å²) in [5.41, 5.74) is 0.490. The standard InChI is InChI=1S/C16H24N4O3/c1-10(14-8-12-3-4-13(14)7-12)18-16(21)5-6-19-11(2)15(9-17-19)20(22)23/h9-10,12-14H,3-8H2,1-2H3,(H,18,21)/t10-,12-,13-,14+/m1/s1. The fourth-order valence-corrected chi connectivity index (χ4v) is 4.39. The van der Waals surface area contributed by atoms with E-state index in [1.54, 1.807) is 6.92 Å². The Morgan fingerprint density at radius 3 is 2.87 bits per heavy atom. The van der Waals surface area contributed by atoms with E-state index >= 15 is 0 Å². The first kappa shape index (κ1) is 16.0. The Kier molecular flexibility index (Phi) is 4.37. The monoisotopic (exact) mass is 320 g/mol. The van der Waals surface area contributed by atoms with E-state index in [2.05, 4.69) is 17.3 Å². The number of nitro groups is 1. The van der Waals surface area contributed by atoms with Gasteiger partial charge in [-0.25, -0.2) is 0 Å². The van der Waals surface area contributed by atoms with Crippen molar-refractivity contribution in [2.45, 2.75) is 58.5 Å². The van der Waals surface area contributed by atoms with Crippen LogP contribution in [0.1, 0.15) is 44.7 Å². The summed E-state index contributed by atoms with van der Waals surface area (Å²) in [7, 11) is 0. The maximum atomic E-state index is 12.2. The minimum Gasteiger partial charge on any atom is -0.353 e. The molecule has 2 saturated carbocycles. The van der Waals surface area contributed by atoms with Crippen molar-refractivity contribution in [2.75, 3.05) is 0 Å². The molecule has 2 aliphatic carbocycles. The summed E-state index contributed by atoms with van der Waals surface area (Å²) in [5, 5.41) is 17.9. The van der Waals surface area contributed by atoms with Gasteiger partial charge < -0.3 is 5.32 Å². The maximum Gasteiger partial charge on any atom is 0.309 e. The van der Waals surface area contributed by atoms with Crippen LogP contribution in [0.15, 0.2) is 6.20 Å². The zero-order chi connectivity index (χ0) is 16.6. The van der Waals surface area contributed by atoms with Crippen LogP contribution >= 0.6 is 0 Å². The van der Waals surface area contributed by atoms with Gasteiger partial charge in [0, 0.05) is 12.5 Å². The maximum absolute atomic E-state index is 12.2. The van der Waals surface area contributed by atoms with Crippen molar-refractivity contribution in [1.82, 2.24) is 15.1 Å². The molecule has 0 aromatic carbocycles. The molecule has 0 saturated heterocycles. The lowest BCUT2D eigenvalue weighted by molar-refractivity contribution is -0.385. The number of carbonyl (C=O) groups is 1. The summed E-state index contributed by atoms with van der Waals surface area (Å²) in [4.78, 5) is 22.5. The fraction of sp³-hybridized carbons (Fsp3) is 0.750. The number of aryl methyl sites for hydroxylation is 1. The quantitative estimate of drug-likeness (QED) is 0.644. The second-order valence-corrected chi connectivity index (χ2v) is 7.04. The number of amides is 1. The lowest BCUT2D eigenvalue weighted by atomic mass is 9.84. The van der Waals surface area contributed by atoms with Gasteiger partial charge in [0.15, 0.2) is 0 Å². The highest BCUT2D eigenvalue weighted by molar-refractivity contribution is 5.76. The molecule has 0 spiro atoms. The molecule has 7 nitrogen and oxygen atoms in total. The van der Waals surface area contributed by atoms with Crippen LogP contribution in [0.3, 0.4) is 0 Å². The number of carbonyl (C=O) groups excluding carboxylic acids is 1. The van der Waals surface area contributed by atoms with Crippen LogP contribution in [0.25, 0.3) is 0 Å². The Labute approximate surface area is 135 Å². The van der Waals surface area contributed by atoms with E-state index in [1.807, 2.05) is 0 Å². The summed E-state index contributed by atoms with van der Waals surface area (Å²) in [6.45, 7) is 4.13. The highest BCUT2D eigenvalue weighted by atomic mass is 16.6. The van der Waals surface area contributed by atoms with Crippen molar-refractivity contribution < 1.29 is 9.72 Å². The van der Waals surface area contributed by atoms with E-state index in [0.717, 1.165) is 11.8 Å². The Morgan fingerprint density at radius 1 is 1.52 bits per heavy atom. The van der Waals surface area contributed by atoms with E-state index in [-0.39, 0.29) is 17.6 Å². The number of nitrogens with one attached hydrogen (secondary N) is 1. The first-order valence-electron chi connectivity index (χ1n) is 8.42. The van der Waals surface area contributed by atoms with Gasteiger partial charge in [-0.3, -0.25) is 19.6 Å². The minimum atomic E-state index is -0.448. The van der Waals surface area contributed by atoms with Gasteiger partial charge in [0.25, 0.3) is 0 Å². The summed E-state index contributed by atoms with van der Waals surface area (Å²) < 4.78 is 1.53. The van der Waals surface area contributed by atoms with E-state index in [1.165, 1.54) is 36.6 Å². The summed E-state index contributed by atoms with van der Waals surface area (Å²) in [6, 6.07) is 0.214. The third-order valence-corrected chi connectivity index (χ3v) is 5.65. The Bertz CT molecular complexity index is 612. The Hall–Kier alpha value is -1.92. The lowest BCUT2D eigenvalue weighted by Crippen LogP contribution is -2.40. The molecule has 1 aromatic rings. The van der Waals surface area contributed by atoms with Crippen molar-refractivity contribution in [3.8, 4) is 0 Å². The number of hydrogen-bond donors (Lipinski definition) is 1. The van der Waals surface area contributed by atoms with Gasteiger partial charge in [0.05, 0.1) is 11.5 Å². The molecular formula is C16H24N4O3. The number of aromatic nitrogens is 2. The van der Waals surface area contributed by atoms with Crippen LogP contribution in [0.2, 0.25) is 0 Å². The second kappa shape index (κ2) is 6.29. The Morgan fingerprint density at radius 2 is 2.30 bits per heavy atom. The van der Waals surface area contributed by atoms with Gasteiger partial charge >= 0.3 is 5.69 Å². The smallest absolute Gasteiger partial charge is 0.309 e. The zero-order valence-electron chi connectivity index (χ0n) is 13.7. The van der Waals surface area contributed by atoms with Gasteiger partial charge in [0.2, 0.25) is 5.91 Å². The number of fused-ring (bicyclic) bond motifs is 2. The predicted molar refractivity (Wildman–Crippen MR) is 84.8 cm³/mol. The van der Waals surface area contributed by atoms with Crippen molar-refractivity contribution in [3.63, 3.8) is 0 Å². The molecule has 1 amide bonds. The van der Waals surface area contributed by atoms with E-state index in [4.69, 9.17) is 0 Å². The van der Waals surface area contributed by atoms with Crippen molar-refractivity contribution in [1.29, 1.82) is 0 Å². The molecule has 2 bridgehead atoms. The lowest BCUT2D eigenvalue weighted by Gasteiger charge is -2.28. The third kappa shape index (κ3) is 3.23. The van der Waals surface area contributed by atoms with Crippen LogP contribution in [-0.2, 0) is 11.3 Å². The average Bonchev–Trinajstić information content (AvgIpc) is 3.20. The summed E-state index contributed by atoms with van der Waals surface area (Å²) in [6.07, 6.45) is 6.79. The number of rotatable bonds is 6. The average molecular weight is 320 g/mol. The van der Waals surface area contributed by atoms with Crippen molar-refractivity contribution in [3.05, 3.63) is 22.0 Å². The van der Waals surface area contributed by atoms with Crippen molar-refractivity contribution in [2.24, 2.45) is 17.8 Å². The number of hydrogen-bond acceptors (Lipinski definition) is 4. The summed E-state index contributed by atoms with van der Waals surface area (Å²) >= 11 is 0. The normalized spacial score (nSPS) is 27.1. The topological polar surface area (TPSA) is 90.1 Å². The van der Waals surface area contributed by atoms with E-state index in [9.17, 15) is 14.9 Å². The molecule has 1 N–H and O–H groups in total. The molecule has 1 aromatic heterocycles. The highest BCUT2D eigenvalue weighted by Crippen LogP contribution is 2.49. The van der Waals surface area contributed by atoms with Crippen LogP contribution in [0, 0.1) is 34.8 Å². The molecule has 0 aliphatic heterocycles. The largest absolute Gasteiger partial charge is 0.353 e. The van der Waals surface area contributed by atoms with Crippen LogP contribution in [0.5, 0.6) is 0 Å². The minimum absolute atomic E-state index is 0.000701. The third-order valence-electron chi connectivity index (χ3n) is 5.65. The molecule has 2 aliphatic rings. The molecule has 7 heteroatoms. The molecule has 0 radical (unpaired) electrons. The fourth-order valence-electron chi connectivity index (χ4n) is 4.39. The molecular weight excluding hydrogens is 296 g/mol. The predicted octanol–water partition coefficient (Wildman–Crippen LogP) is 2.43. The Balaban J connectivity index is 1.49. The van der Waals surface area contributed by atoms with Crippen LogP contribution in [0.4, 0.5) is 5.69 Å². The van der Waals surface area contributed by atoms with Crippen molar-refractivity contribution >= 4 is 11.6 Å². The first-order valence-corrected chi connectivity index (χ1v) is 8.42. The SMILES string of the molecule is Cc1c([N+](=O)[O-])cnn1CCC(=O)N[C@H](C)[C@@H]1C[C@@H]2CC[C@@H]1C2. The molecule has 1 heterocycles. The van der Waals surface area contributed by atoms with Gasteiger partial charge in [-0.05, 0) is 50.9 Å². The van der Waals surface area contributed by atoms with Gasteiger partial charge in [-0.2, -0.15) is 5.10 Å². The van der Waals surface area contributed by atoms with Crippen LogP contribution < -0.4 is 5.32 Å². The van der Waals surface area contributed by atoms with Gasteiger partial charge in [-0.15, -0.1) is 0 Å². The number of nitrogens with zero attached hydrogens (tertiary/aromatic N) is 3. The molecule has 4 atom stereocenters. The van der Waals surface area contributed by atoms with Gasteiger partial charge in [-0.1, -0.05) is 6.42 Å². The van der Waals surface area contributed by atoms with Gasteiger partial charge in [0.1, 0.15) is 11.9 Å². The van der Waals surface area contributed by atoms with E-state index in [0.29, 0.717) is 24.6 Å². The van der Waals surface area contributed by atoms with E-state index < -0.39 is 4.92 Å². The molecule has 3 rings (SSSR count). The zero-order valence-corrected chi connectivity index (χ0v) is 13.7. The summed E-state index contributed by atoms with van der Waals surface area (Å²) in [5.74, 6) is 2.27. The molecule has 23 heavy (non-hydrogen) atoms. The molecule has 0 unspecified atom stereocenters. The second-order valence-electron chi connectivity index (χ2n) is 7.04. The first-order chi connectivity index (χ1) is 11.0. The highest BCUT2D eigenvalue weighted by Gasteiger charge is 2.42. The molecule has 126 valence electrons.